The molecular formula is C33H40BrN3O6S. The van der Waals surface area contributed by atoms with Crippen molar-refractivity contribution in [1.82, 2.24) is 10.2 Å². The van der Waals surface area contributed by atoms with Crippen LogP contribution in [0.25, 0.3) is 0 Å². The van der Waals surface area contributed by atoms with Crippen molar-refractivity contribution >= 4 is 43.5 Å². The number of carbonyl (C=O) groups is 2. The van der Waals surface area contributed by atoms with Crippen LogP contribution in [0.3, 0.4) is 0 Å². The van der Waals surface area contributed by atoms with E-state index in [4.69, 9.17) is 9.47 Å². The van der Waals surface area contributed by atoms with Crippen LogP contribution >= 0.6 is 15.9 Å². The third-order valence-electron chi connectivity index (χ3n) is 7.83. The molecule has 1 saturated carbocycles. The molecule has 44 heavy (non-hydrogen) atoms. The SMILES string of the molecule is COc1ccc(S(=O)(=O)N(CC(=O)N(Cc2cccc(Br)c2)[C@H](C)C(=O)NC2CCCC2)c2cc(C)cc(C)c2)cc1OC. The van der Waals surface area contributed by atoms with Crippen LogP contribution in [0, 0.1) is 13.8 Å². The summed E-state index contributed by atoms with van der Waals surface area (Å²) in [6.45, 7) is 5.02. The Morgan fingerprint density at radius 3 is 2.23 bits per heavy atom. The lowest BCUT2D eigenvalue weighted by Crippen LogP contribution is -2.52. The Labute approximate surface area is 268 Å². The monoisotopic (exact) mass is 685 g/mol. The van der Waals surface area contributed by atoms with Gasteiger partial charge in [-0.15, -0.1) is 0 Å². The van der Waals surface area contributed by atoms with E-state index in [1.807, 2.05) is 44.2 Å². The van der Waals surface area contributed by atoms with Gasteiger partial charge < -0.3 is 19.7 Å². The highest BCUT2D eigenvalue weighted by Crippen LogP contribution is 2.33. The summed E-state index contributed by atoms with van der Waals surface area (Å²) in [7, 11) is -1.38. The van der Waals surface area contributed by atoms with Gasteiger partial charge in [-0.1, -0.05) is 47.0 Å². The zero-order valence-corrected chi connectivity index (χ0v) is 28.2. The fourth-order valence-electron chi connectivity index (χ4n) is 5.53. The first-order valence-electron chi connectivity index (χ1n) is 14.6. The molecule has 3 aromatic carbocycles. The second-order valence-electron chi connectivity index (χ2n) is 11.2. The topological polar surface area (TPSA) is 105 Å². The maximum atomic E-state index is 14.3. The van der Waals surface area contributed by atoms with Gasteiger partial charge in [-0.2, -0.15) is 0 Å². The van der Waals surface area contributed by atoms with Gasteiger partial charge in [0.15, 0.2) is 11.5 Å². The van der Waals surface area contributed by atoms with Gasteiger partial charge >= 0.3 is 0 Å². The van der Waals surface area contributed by atoms with Crippen molar-refractivity contribution in [2.75, 3.05) is 25.1 Å². The molecule has 11 heteroatoms. The molecule has 0 heterocycles. The molecule has 1 N–H and O–H groups in total. The Morgan fingerprint density at radius 2 is 1.61 bits per heavy atom. The number of anilines is 1. The summed E-state index contributed by atoms with van der Waals surface area (Å²) in [5.74, 6) is -0.153. The van der Waals surface area contributed by atoms with Crippen LogP contribution in [-0.2, 0) is 26.2 Å². The van der Waals surface area contributed by atoms with E-state index in [2.05, 4.69) is 21.2 Å². The number of ether oxygens (including phenoxy) is 2. The zero-order chi connectivity index (χ0) is 32.0. The molecule has 236 valence electrons. The molecule has 0 aliphatic heterocycles. The van der Waals surface area contributed by atoms with Crippen LogP contribution in [0.4, 0.5) is 5.69 Å². The van der Waals surface area contributed by atoms with Gasteiger partial charge in [0, 0.05) is 23.1 Å². The molecule has 1 aliphatic rings. The minimum Gasteiger partial charge on any atom is -0.493 e. The number of amides is 2. The summed E-state index contributed by atoms with van der Waals surface area (Å²) in [6, 6.07) is 16.4. The minimum atomic E-state index is -4.28. The fourth-order valence-corrected chi connectivity index (χ4v) is 7.39. The van der Waals surface area contributed by atoms with E-state index in [-0.39, 0.29) is 29.1 Å². The van der Waals surface area contributed by atoms with Gasteiger partial charge in [0.25, 0.3) is 10.0 Å². The van der Waals surface area contributed by atoms with Gasteiger partial charge in [0.05, 0.1) is 24.8 Å². The first-order chi connectivity index (χ1) is 20.9. The van der Waals surface area contributed by atoms with Crippen LogP contribution in [-0.4, -0.2) is 58.0 Å². The lowest BCUT2D eigenvalue weighted by molar-refractivity contribution is -0.139. The maximum Gasteiger partial charge on any atom is 0.264 e. The van der Waals surface area contributed by atoms with Crippen molar-refractivity contribution in [2.24, 2.45) is 0 Å². The van der Waals surface area contributed by atoms with Gasteiger partial charge in [-0.05, 0) is 86.7 Å². The number of nitrogens with one attached hydrogen (secondary N) is 1. The summed E-state index contributed by atoms with van der Waals surface area (Å²) in [4.78, 5) is 29.1. The Kier molecular flexibility index (Phi) is 11.0. The molecule has 1 fully saturated rings. The third kappa shape index (κ3) is 7.92. The van der Waals surface area contributed by atoms with E-state index in [1.54, 1.807) is 19.1 Å². The van der Waals surface area contributed by atoms with Crippen LogP contribution in [0.15, 0.2) is 70.0 Å². The van der Waals surface area contributed by atoms with Gasteiger partial charge in [0.1, 0.15) is 12.6 Å². The number of hydrogen-bond acceptors (Lipinski definition) is 6. The van der Waals surface area contributed by atoms with Crippen molar-refractivity contribution in [3.05, 3.63) is 81.8 Å². The summed E-state index contributed by atoms with van der Waals surface area (Å²) in [6.07, 6.45) is 3.92. The fraction of sp³-hybridized carbons (Fsp3) is 0.394. The molecule has 2 amide bonds. The predicted molar refractivity (Wildman–Crippen MR) is 175 cm³/mol. The largest absolute Gasteiger partial charge is 0.493 e. The van der Waals surface area contributed by atoms with Gasteiger partial charge in [-0.25, -0.2) is 8.42 Å². The van der Waals surface area contributed by atoms with E-state index >= 15 is 0 Å². The molecule has 0 radical (unpaired) electrons. The van der Waals surface area contributed by atoms with E-state index in [9.17, 15) is 18.0 Å². The number of sulfonamides is 1. The number of halogens is 1. The molecule has 0 unspecified atom stereocenters. The van der Waals surface area contributed by atoms with Crippen LogP contribution < -0.4 is 19.1 Å². The normalized spacial score (nSPS) is 14.1. The smallest absolute Gasteiger partial charge is 0.264 e. The first kappa shape index (κ1) is 33.3. The number of nitrogens with zero attached hydrogens (tertiary/aromatic N) is 2. The molecule has 1 atom stereocenters. The van der Waals surface area contributed by atoms with E-state index in [0.717, 1.165) is 51.2 Å². The lowest BCUT2D eigenvalue weighted by atomic mass is 10.1. The standard InChI is InChI=1S/C33H40BrN3O6S/c1-22-15-23(2)17-28(16-22)37(44(40,41)29-13-14-30(42-4)31(19-29)43-5)21-32(38)36(20-25-9-8-10-26(34)18-25)24(3)33(39)35-27-11-6-7-12-27/h8-10,13-19,24,27H,6-7,11-12,20-21H2,1-5H3,(H,35,39)/t24-/m1/s1. The molecular weight excluding hydrogens is 646 g/mol. The van der Waals surface area contributed by atoms with Crippen molar-refractivity contribution in [3.8, 4) is 11.5 Å². The number of rotatable bonds is 12. The van der Waals surface area contributed by atoms with Crippen LogP contribution in [0.5, 0.6) is 11.5 Å². The highest BCUT2D eigenvalue weighted by Gasteiger charge is 2.34. The quantitative estimate of drug-likeness (QED) is 0.260. The van der Waals surface area contributed by atoms with Gasteiger partial charge in [-0.3, -0.25) is 13.9 Å². The summed E-state index contributed by atoms with van der Waals surface area (Å²) in [5.41, 5.74) is 2.83. The number of aryl methyl sites for hydroxylation is 2. The van der Waals surface area contributed by atoms with Crippen LogP contribution in [0.2, 0.25) is 0 Å². The Balaban J connectivity index is 1.75. The molecule has 9 nitrogen and oxygen atoms in total. The molecule has 0 spiro atoms. The maximum absolute atomic E-state index is 14.3. The minimum absolute atomic E-state index is 0.0623. The average molecular weight is 687 g/mol. The Bertz CT molecular complexity index is 1590. The average Bonchev–Trinajstić information content (AvgIpc) is 3.50. The Morgan fingerprint density at radius 1 is 0.955 bits per heavy atom. The molecule has 0 saturated heterocycles. The highest BCUT2D eigenvalue weighted by atomic mass is 79.9. The number of hydrogen-bond donors (Lipinski definition) is 1. The van der Waals surface area contributed by atoms with Crippen LogP contribution in [0.1, 0.15) is 49.3 Å². The Hall–Kier alpha value is -3.57. The number of methoxy groups -OCH3 is 2. The van der Waals surface area contributed by atoms with Crippen molar-refractivity contribution in [1.29, 1.82) is 0 Å². The summed E-state index contributed by atoms with van der Waals surface area (Å²) >= 11 is 3.48. The van der Waals surface area contributed by atoms with E-state index in [0.29, 0.717) is 11.4 Å². The van der Waals surface area contributed by atoms with Crippen molar-refractivity contribution in [3.63, 3.8) is 0 Å². The molecule has 0 aromatic heterocycles. The second kappa shape index (κ2) is 14.5. The molecule has 1 aliphatic carbocycles. The second-order valence-corrected chi connectivity index (χ2v) is 14.0. The van der Waals surface area contributed by atoms with Gasteiger partial charge in [0.2, 0.25) is 11.8 Å². The molecule has 4 rings (SSSR count). The highest BCUT2D eigenvalue weighted by molar-refractivity contribution is 9.10. The zero-order valence-electron chi connectivity index (χ0n) is 25.8. The predicted octanol–water partition coefficient (Wildman–Crippen LogP) is 5.75. The van der Waals surface area contributed by atoms with Crippen molar-refractivity contribution < 1.29 is 27.5 Å². The van der Waals surface area contributed by atoms with Crippen molar-refractivity contribution in [2.45, 2.75) is 70.0 Å². The first-order valence-corrected chi connectivity index (χ1v) is 16.8. The molecule has 3 aromatic rings. The lowest BCUT2D eigenvalue weighted by Gasteiger charge is -2.32. The summed E-state index contributed by atoms with van der Waals surface area (Å²) in [5, 5.41) is 3.09. The summed E-state index contributed by atoms with van der Waals surface area (Å²) < 4.78 is 41.2. The number of benzene rings is 3. The third-order valence-corrected chi connectivity index (χ3v) is 10.1. The van der Waals surface area contributed by atoms with E-state index < -0.39 is 28.5 Å². The number of carbonyl (C=O) groups excluding carboxylic acids is 2. The van der Waals surface area contributed by atoms with E-state index in [1.165, 1.54) is 37.3 Å². The molecule has 0 bridgehead atoms.